The quantitative estimate of drug-likeness (QED) is 0.532. The molecule has 1 aromatic rings. The topological polar surface area (TPSA) is 99.2 Å². The lowest BCUT2D eigenvalue weighted by Gasteiger charge is -2.15. The van der Waals surface area contributed by atoms with E-state index >= 15 is 0 Å². The molecule has 1 fully saturated rings. The van der Waals surface area contributed by atoms with Gasteiger partial charge in [-0.3, -0.25) is 4.84 Å². The Morgan fingerprint density at radius 2 is 2.13 bits per heavy atom. The maximum absolute atomic E-state index is 12.2. The average Bonchev–Trinajstić information content (AvgIpc) is 2.91. The normalized spacial score (nSPS) is 18.1. The van der Waals surface area contributed by atoms with Gasteiger partial charge in [0.25, 0.3) is 10.0 Å². The van der Waals surface area contributed by atoms with Crippen LogP contribution >= 0.6 is 15.9 Å². The largest absolute Gasteiger partial charge is 0.463 e. The third-order valence-corrected chi connectivity index (χ3v) is 5.55. The van der Waals surface area contributed by atoms with Crippen LogP contribution in [0.1, 0.15) is 16.8 Å². The lowest BCUT2D eigenvalue weighted by Crippen LogP contribution is -2.26. The fourth-order valence-corrected chi connectivity index (χ4v) is 3.25. The molecule has 2 rings (SSSR count). The number of cyclic esters (lactones) is 1. The van der Waals surface area contributed by atoms with Crippen molar-refractivity contribution in [1.29, 1.82) is 0 Å². The molecule has 0 aromatic heterocycles. The van der Waals surface area contributed by atoms with Gasteiger partial charge in [0.15, 0.2) is 0 Å². The van der Waals surface area contributed by atoms with E-state index in [0.29, 0.717) is 8.94 Å². The zero-order valence-corrected chi connectivity index (χ0v) is 14.7. The van der Waals surface area contributed by atoms with Crippen LogP contribution < -0.4 is 0 Å². The predicted molar refractivity (Wildman–Crippen MR) is 80.9 cm³/mol. The summed E-state index contributed by atoms with van der Waals surface area (Å²) in [6.07, 6.45) is -0.705. The molecule has 0 radical (unpaired) electrons. The molecule has 0 spiro atoms. The fraction of sp³-hybridized carbons (Fsp3) is 0.385. The van der Waals surface area contributed by atoms with Crippen molar-refractivity contribution in [2.45, 2.75) is 17.4 Å². The third kappa shape index (κ3) is 3.71. The molecule has 0 amide bonds. The predicted octanol–water partition coefficient (Wildman–Crippen LogP) is 1.10. The molecular weight excluding hydrogens is 394 g/mol. The van der Waals surface area contributed by atoms with E-state index in [1.807, 2.05) is 0 Å². The van der Waals surface area contributed by atoms with Crippen molar-refractivity contribution in [2.24, 2.45) is 0 Å². The minimum absolute atomic E-state index is 0.0183. The van der Waals surface area contributed by atoms with Crippen LogP contribution in [0.2, 0.25) is 0 Å². The van der Waals surface area contributed by atoms with E-state index in [4.69, 9.17) is 9.47 Å². The van der Waals surface area contributed by atoms with Gasteiger partial charge in [0, 0.05) is 17.9 Å². The summed E-state index contributed by atoms with van der Waals surface area (Å²) in [6, 6.07) is 3.87. The van der Waals surface area contributed by atoms with E-state index in [1.165, 1.54) is 26.3 Å². The lowest BCUT2D eigenvalue weighted by molar-refractivity contribution is -0.145. The molecule has 0 aliphatic carbocycles. The minimum Gasteiger partial charge on any atom is -0.463 e. The number of ether oxygens (including phenoxy) is 2. The summed E-state index contributed by atoms with van der Waals surface area (Å²) in [4.78, 5) is 28.1. The van der Waals surface area contributed by atoms with Gasteiger partial charge >= 0.3 is 11.9 Å². The first-order chi connectivity index (χ1) is 10.8. The number of nitrogens with zero attached hydrogens (tertiary/aromatic N) is 1. The summed E-state index contributed by atoms with van der Waals surface area (Å²) in [5.41, 5.74) is -0.0183. The first-order valence-electron chi connectivity index (χ1n) is 6.47. The Kier molecular flexibility index (Phi) is 5.40. The van der Waals surface area contributed by atoms with E-state index in [0.717, 1.165) is 6.07 Å². The molecule has 1 aliphatic rings. The maximum atomic E-state index is 12.2. The molecule has 0 saturated carbocycles. The first kappa shape index (κ1) is 17.9. The fourth-order valence-electron chi connectivity index (χ4n) is 1.84. The van der Waals surface area contributed by atoms with Crippen LogP contribution in [0.5, 0.6) is 0 Å². The van der Waals surface area contributed by atoms with Crippen molar-refractivity contribution in [3.63, 3.8) is 0 Å². The number of hydrogen-bond donors (Lipinski definition) is 0. The van der Waals surface area contributed by atoms with Crippen LogP contribution in [0.3, 0.4) is 0 Å². The zero-order chi connectivity index (χ0) is 17.2. The van der Waals surface area contributed by atoms with Crippen molar-refractivity contribution in [3.05, 3.63) is 28.2 Å². The Bertz CT molecular complexity index is 734. The van der Waals surface area contributed by atoms with Crippen LogP contribution in [0.25, 0.3) is 0 Å². The molecule has 1 saturated heterocycles. The number of carbonyl (C=O) groups excluding carboxylic acids is 2. The number of carbonyl (C=O) groups is 2. The van der Waals surface area contributed by atoms with Crippen molar-refractivity contribution in [1.82, 2.24) is 4.47 Å². The molecule has 0 N–H and O–H groups in total. The van der Waals surface area contributed by atoms with Gasteiger partial charge in [-0.2, -0.15) is 0 Å². The molecule has 10 heteroatoms. The second kappa shape index (κ2) is 6.95. The number of esters is 2. The molecule has 126 valence electrons. The summed E-state index contributed by atoms with van der Waals surface area (Å²) in [5.74, 6) is -1.43. The van der Waals surface area contributed by atoms with Gasteiger partial charge in [0.2, 0.25) is 6.10 Å². The van der Waals surface area contributed by atoms with Crippen LogP contribution in [0.4, 0.5) is 0 Å². The van der Waals surface area contributed by atoms with Crippen molar-refractivity contribution < 1.29 is 32.3 Å². The van der Waals surface area contributed by atoms with Gasteiger partial charge in [-0.15, -0.1) is 0 Å². The molecule has 1 atom stereocenters. The molecule has 0 bridgehead atoms. The van der Waals surface area contributed by atoms with Crippen molar-refractivity contribution in [3.8, 4) is 0 Å². The van der Waals surface area contributed by atoms with E-state index < -0.39 is 28.1 Å². The highest BCUT2D eigenvalue weighted by Crippen LogP contribution is 2.25. The SMILES string of the molecule is CON(C)S(=O)(=O)c1ccc(Br)c(C(=O)O[C@@H]2CCOC2=O)c1. The number of hydroxylamine groups is 1. The number of sulfonamides is 1. The van der Waals surface area contributed by atoms with Gasteiger partial charge in [0.05, 0.1) is 24.2 Å². The average molecular weight is 408 g/mol. The summed E-state index contributed by atoms with van der Waals surface area (Å²) < 4.78 is 35.2. The highest BCUT2D eigenvalue weighted by atomic mass is 79.9. The summed E-state index contributed by atoms with van der Waals surface area (Å²) in [6.45, 7) is 0.186. The molecule has 1 aliphatic heterocycles. The molecule has 23 heavy (non-hydrogen) atoms. The lowest BCUT2D eigenvalue weighted by atomic mass is 10.2. The number of hydrogen-bond acceptors (Lipinski definition) is 7. The Hall–Kier alpha value is -1.49. The Morgan fingerprint density at radius 3 is 2.70 bits per heavy atom. The number of halogens is 1. The molecule has 1 heterocycles. The second-order valence-corrected chi connectivity index (χ2v) is 7.38. The number of benzene rings is 1. The monoisotopic (exact) mass is 407 g/mol. The minimum atomic E-state index is -3.91. The summed E-state index contributed by atoms with van der Waals surface area (Å²) in [7, 11) is -1.48. The van der Waals surface area contributed by atoms with E-state index in [1.54, 1.807) is 0 Å². The molecular formula is C13H14BrNO7S. The van der Waals surface area contributed by atoms with Crippen LogP contribution in [-0.4, -0.2) is 51.7 Å². The van der Waals surface area contributed by atoms with Crippen LogP contribution in [0, 0.1) is 0 Å². The van der Waals surface area contributed by atoms with E-state index in [-0.39, 0.29) is 23.5 Å². The third-order valence-electron chi connectivity index (χ3n) is 3.19. The van der Waals surface area contributed by atoms with Gasteiger partial charge in [0.1, 0.15) is 0 Å². The van der Waals surface area contributed by atoms with Gasteiger partial charge in [-0.05, 0) is 34.1 Å². The first-order valence-corrected chi connectivity index (χ1v) is 8.71. The zero-order valence-electron chi connectivity index (χ0n) is 12.3. The standard InChI is InChI=1S/C13H14BrNO7S/c1-15(20-2)23(18,19)8-3-4-10(14)9(7-8)12(16)22-11-5-6-21-13(11)17/h3-4,7,11H,5-6H2,1-2H3/t11-/m1/s1. The summed E-state index contributed by atoms with van der Waals surface area (Å²) >= 11 is 3.16. The summed E-state index contributed by atoms with van der Waals surface area (Å²) in [5, 5.41) is 0. The van der Waals surface area contributed by atoms with Crippen molar-refractivity contribution in [2.75, 3.05) is 20.8 Å². The van der Waals surface area contributed by atoms with Gasteiger partial charge < -0.3 is 9.47 Å². The smallest absolute Gasteiger partial charge is 0.347 e. The van der Waals surface area contributed by atoms with Crippen LogP contribution in [0.15, 0.2) is 27.6 Å². The Morgan fingerprint density at radius 1 is 1.43 bits per heavy atom. The van der Waals surface area contributed by atoms with E-state index in [2.05, 4.69) is 20.8 Å². The Balaban J connectivity index is 2.30. The van der Waals surface area contributed by atoms with Gasteiger partial charge in [-0.1, -0.05) is 4.47 Å². The maximum Gasteiger partial charge on any atom is 0.347 e. The highest BCUT2D eigenvalue weighted by Gasteiger charge is 2.31. The van der Waals surface area contributed by atoms with Crippen LogP contribution in [-0.2, 0) is 29.1 Å². The van der Waals surface area contributed by atoms with Gasteiger partial charge in [-0.25, -0.2) is 18.0 Å². The highest BCUT2D eigenvalue weighted by molar-refractivity contribution is 9.10. The molecule has 1 aromatic carbocycles. The number of rotatable bonds is 5. The molecule has 0 unspecified atom stereocenters. The second-order valence-electron chi connectivity index (χ2n) is 4.59. The Labute approximate surface area is 141 Å². The molecule has 8 nitrogen and oxygen atoms in total. The van der Waals surface area contributed by atoms with Crippen molar-refractivity contribution >= 4 is 37.9 Å². The van der Waals surface area contributed by atoms with E-state index in [9.17, 15) is 18.0 Å².